The highest BCUT2D eigenvalue weighted by Gasteiger charge is 2.38. The molecule has 0 amide bonds. The van der Waals surface area contributed by atoms with Gasteiger partial charge in [-0.05, 0) is 46.1 Å². The molecule has 6 aromatic rings. The van der Waals surface area contributed by atoms with Gasteiger partial charge < -0.3 is 9.30 Å². The fourth-order valence-electron chi connectivity index (χ4n) is 6.54. The molecule has 0 spiro atoms. The molecule has 0 radical (unpaired) electrons. The van der Waals surface area contributed by atoms with E-state index in [4.69, 9.17) is 4.74 Å². The molecule has 0 bridgehead atoms. The number of aromatic nitrogens is 1. The third kappa shape index (κ3) is 2.46. The second-order valence-electron chi connectivity index (χ2n) is 9.71. The topological polar surface area (TPSA) is 14.2 Å². The maximum atomic E-state index is 6.45. The summed E-state index contributed by atoms with van der Waals surface area (Å²) < 4.78 is 8.92. The summed E-state index contributed by atoms with van der Waals surface area (Å²) in [6, 6.07) is 39.5. The van der Waals surface area contributed by atoms with Gasteiger partial charge in [0.05, 0.1) is 5.52 Å². The predicted molar refractivity (Wildman–Crippen MR) is 149 cm³/mol. The Morgan fingerprint density at radius 2 is 1.23 bits per heavy atom. The third-order valence-corrected chi connectivity index (χ3v) is 7.97. The van der Waals surface area contributed by atoms with Crippen molar-refractivity contribution in [1.82, 2.24) is 4.57 Å². The van der Waals surface area contributed by atoms with Gasteiger partial charge in [-0.3, -0.25) is 0 Å². The maximum Gasteiger partial charge on any atom is 0.246 e. The summed E-state index contributed by atoms with van der Waals surface area (Å²) in [6.07, 6.45) is 0. The molecule has 3 heterocycles. The quantitative estimate of drug-likeness (QED) is 0.349. The van der Waals surface area contributed by atoms with E-state index < -0.39 is 0 Å². The number of ether oxygens (including phenoxy) is 1. The summed E-state index contributed by atoms with van der Waals surface area (Å²) in [7, 11) is 0. The van der Waals surface area contributed by atoms with Crippen molar-refractivity contribution in [2.45, 2.75) is 6.82 Å². The Kier molecular flexibility index (Phi) is 3.79. The molecule has 0 saturated heterocycles. The molecule has 2 nitrogen and oxygen atoms in total. The second kappa shape index (κ2) is 6.93. The van der Waals surface area contributed by atoms with Crippen molar-refractivity contribution in [3.63, 3.8) is 0 Å². The van der Waals surface area contributed by atoms with Crippen molar-refractivity contribution in [3.05, 3.63) is 109 Å². The summed E-state index contributed by atoms with van der Waals surface area (Å²) >= 11 is 0. The average Bonchev–Trinajstić information content (AvgIpc) is 3.25. The molecule has 0 saturated carbocycles. The molecular weight excluding hydrogens is 424 g/mol. The van der Waals surface area contributed by atoms with Gasteiger partial charge in [0.1, 0.15) is 11.5 Å². The van der Waals surface area contributed by atoms with Crippen LogP contribution in [0.1, 0.15) is 0 Å². The van der Waals surface area contributed by atoms with Gasteiger partial charge >= 0.3 is 0 Å². The summed E-state index contributed by atoms with van der Waals surface area (Å²) in [5.74, 6) is 1.94. The molecule has 2 aliphatic rings. The zero-order chi connectivity index (χ0) is 23.1. The highest BCUT2D eigenvalue weighted by Crippen LogP contribution is 2.33. The summed E-state index contributed by atoms with van der Waals surface area (Å²) in [5, 5.41) is 2.62. The molecule has 8 rings (SSSR count). The molecule has 4 heteroatoms. The molecule has 0 aliphatic carbocycles. The SMILES string of the molecule is CB1c2ccccc2Oc2cccc(B3c4ccccc4-n4c5ccccc5c5cccc3c54)c21. The van der Waals surface area contributed by atoms with Crippen molar-refractivity contribution in [3.8, 4) is 17.2 Å². The van der Waals surface area contributed by atoms with E-state index in [2.05, 4.69) is 121 Å². The first-order valence-corrected chi connectivity index (χ1v) is 12.3. The normalized spacial score (nSPS) is 13.4. The Balaban J connectivity index is 1.48. The minimum Gasteiger partial charge on any atom is -0.459 e. The van der Waals surface area contributed by atoms with Crippen molar-refractivity contribution >= 4 is 62.5 Å². The van der Waals surface area contributed by atoms with Crippen LogP contribution >= 0.6 is 0 Å². The Bertz CT molecular complexity index is 1820. The lowest BCUT2D eigenvalue weighted by Gasteiger charge is -2.32. The monoisotopic (exact) mass is 445 g/mol. The Labute approximate surface area is 204 Å². The highest BCUT2D eigenvalue weighted by atomic mass is 16.5. The number of hydrogen-bond acceptors (Lipinski definition) is 1. The molecule has 162 valence electrons. The van der Waals surface area contributed by atoms with Crippen LogP contribution in [0.4, 0.5) is 0 Å². The summed E-state index contributed by atoms with van der Waals surface area (Å²) in [4.78, 5) is 0. The zero-order valence-corrected chi connectivity index (χ0v) is 19.4. The number of hydrogen-bond donors (Lipinski definition) is 0. The van der Waals surface area contributed by atoms with Gasteiger partial charge in [-0.25, -0.2) is 0 Å². The lowest BCUT2D eigenvalue weighted by atomic mass is 9.29. The van der Waals surface area contributed by atoms with Gasteiger partial charge in [-0.15, -0.1) is 0 Å². The first kappa shape index (κ1) is 19.2. The van der Waals surface area contributed by atoms with Crippen LogP contribution in [0.3, 0.4) is 0 Å². The van der Waals surface area contributed by atoms with Gasteiger partial charge in [-0.2, -0.15) is 0 Å². The van der Waals surface area contributed by atoms with Gasteiger partial charge in [0, 0.05) is 22.0 Å². The average molecular weight is 445 g/mol. The van der Waals surface area contributed by atoms with E-state index in [9.17, 15) is 0 Å². The van der Waals surface area contributed by atoms with Crippen LogP contribution in [0.25, 0.3) is 27.5 Å². The fraction of sp³-hybridized carbons (Fsp3) is 0.0323. The summed E-state index contributed by atoms with van der Waals surface area (Å²) in [6.45, 7) is 2.71. The fourth-order valence-corrected chi connectivity index (χ4v) is 6.54. The number of benzene rings is 5. The van der Waals surface area contributed by atoms with Crippen LogP contribution in [-0.4, -0.2) is 18.0 Å². The van der Waals surface area contributed by atoms with Crippen LogP contribution in [-0.2, 0) is 0 Å². The minimum atomic E-state index is 0.137. The molecule has 5 aromatic carbocycles. The van der Waals surface area contributed by atoms with Gasteiger partial charge in [0.2, 0.25) is 13.4 Å². The van der Waals surface area contributed by atoms with Crippen molar-refractivity contribution < 1.29 is 4.74 Å². The largest absolute Gasteiger partial charge is 0.459 e. The van der Waals surface area contributed by atoms with E-state index in [-0.39, 0.29) is 13.4 Å². The molecule has 1 aromatic heterocycles. The number of fused-ring (bicyclic) bond motifs is 7. The number of nitrogens with zero attached hydrogens (tertiary/aromatic N) is 1. The first-order valence-electron chi connectivity index (χ1n) is 12.3. The van der Waals surface area contributed by atoms with Crippen molar-refractivity contribution in [2.75, 3.05) is 0 Å². The maximum absolute atomic E-state index is 6.45. The molecule has 35 heavy (non-hydrogen) atoms. The van der Waals surface area contributed by atoms with Crippen LogP contribution in [0.2, 0.25) is 6.82 Å². The van der Waals surface area contributed by atoms with Gasteiger partial charge in [0.15, 0.2) is 0 Å². The van der Waals surface area contributed by atoms with Gasteiger partial charge in [0.25, 0.3) is 0 Å². The van der Waals surface area contributed by atoms with E-state index in [1.165, 1.54) is 54.8 Å². The zero-order valence-electron chi connectivity index (χ0n) is 19.4. The highest BCUT2D eigenvalue weighted by molar-refractivity contribution is 7.02. The van der Waals surface area contributed by atoms with E-state index in [1.54, 1.807) is 0 Å². The Morgan fingerprint density at radius 3 is 2.17 bits per heavy atom. The molecule has 0 atom stereocenters. The Hall–Kier alpha value is -4.17. The van der Waals surface area contributed by atoms with E-state index in [0.29, 0.717) is 0 Å². The smallest absolute Gasteiger partial charge is 0.246 e. The standard InChI is InChI=1S/C31H21B2NO/c1-32-23-13-4-7-18-28(23)35-29-19-9-14-24(30(29)32)33-22-12-3-6-17-27(22)34-26-16-5-2-10-20(26)21-11-8-15-25(33)31(21)34/h2-19H,1H3. The third-order valence-electron chi connectivity index (χ3n) is 7.97. The molecule has 0 unspecified atom stereocenters. The van der Waals surface area contributed by atoms with Crippen molar-refractivity contribution in [1.29, 1.82) is 0 Å². The van der Waals surface area contributed by atoms with Crippen LogP contribution in [0.15, 0.2) is 109 Å². The lowest BCUT2D eigenvalue weighted by Crippen LogP contribution is -2.64. The molecule has 0 N–H and O–H groups in total. The van der Waals surface area contributed by atoms with Crippen LogP contribution < -0.4 is 32.1 Å². The number of rotatable bonds is 1. The molecular formula is C31H21B2NO. The lowest BCUT2D eigenvalue weighted by molar-refractivity contribution is 0.487. The van der Waals surface area contributed by atoms with E-state index in [0.717, 1.165) is 11.5 Å². The van der Waals surface area contributed by atoms with E-state index >= 15 is 0 Å². The molecule has 0 fully saturated rings. The van der Waals surface area contributed by atoms with Crippen LogP contribution in [0, 0.1) is 0 Å². The predicted octanol–water partition coefficient (Wildman–Crippen LogP) is 3.96. The Morgan fingerprint density at radius 1 is 0.571 bits per heavy atom. The number of para-hydroxylation sites is 4. The van der Waals surface area contributed by atoms with Crippen molar-refractivity contribution in [2.24, 2.45) is 0 Å². The van der Waals surface area contributed by atoms with E-state index in [1.807, 2.05) is 0 Å². The molecule has 2 aliphatic heterocycles. The first-order chi connectivity index (χ1) is 17.3. The summed E-state index contributed by atoms with van der Waals surface area (Å²) in [5.41, 5.74) is 10.4. The van der Waals surface area contributed by atoms with Crippen LogP contribution in [0.5, 0.6) is 11.5 Å². The van der Waals surface area contributed by atoms with Gasteiger partial charge in [-0.1, -0.05) is 97.2 Å². The minimum absolute atomic E-state index is 0.137. The second-order valence-corrected chi connectivity index (χ2v) is 9.71.